The number of fused-ring (bicyclic) bond motifs is 1. The van der Waals surface area contributed by atoms with Gasteiger partial charge in [0.15, 0.2) is 0 Å². The zero-order chi connectivity index (χ0) is 14.7. The Kier molecular flexibility index (Phi) is 4.61. The number of rotatable bonds is 5. The summed E-state index contributed by atoms with van der Waals surface area (Å²) in [5.74, 6) is 2.02. The van der Waals surface area contributed by atoms with Crippen LogP contribution in [0.2, 0.25) is 0 Å². The fourth-order valence-electron chi connectivity index (χ4n) is 3.14. The Morgan fingerprint density at radius 3 is 2.76 bits per heavy atom. The molecule has 3 heteroatoms. The highest BCUT2D eigenvalue weighted by molar-refractivity contribution is 5.82. The first-order chi connectivity index (χ1) is 10.3. The van der Waals surface area contributed by atoms with Gasteiger partial charge in [0, 0.05) is 17.5 Å². The van der Waals surface area contributed by atoms with E-state index in [2.05, 4.69) is 48.3 Å². The van der Waals surface area contributed by atoms with Crippen molar-refractivity contribution in [3.63, 3.8) is 0 Å². The standard InChI is InChI=1S/C18H26N2O/c1-3-19-12-16-15-6-4-5-7-17(15)21-18(16)13-20-10-8-14(2)9-11-20/h4-7,14,19H,3,8-13H2,1-2H3. The summed E-state index contributed by atoms with van der Waals surface area (Å²) in [7, 11) is 0. The topological polar surface area (TPSA) is 28.4 Å². The Balaban J connectivity index is 1.82. The molecular weight excluding hydrogens is 260 g/mol. The van der Waals surface area contributed by atoms with Gasteiger partial charge in [-0.05, 0) is 44.5 Å². The molecule has 2 aromatic rings. The van der Waals surface area contributed by atoms with Crippen LogP contribution in [0.4, 0.5) is 0 Å². The van der Waals surface area contributed by atoms with Crippen LogP contribution in [0.3, 0.4) is 0 Å². The van der Waals surface area contributed by atoms with Crippen LogP contribution >= 0.6 is 0 Å². The summed E-state index contributed by atoms with van der Waals surface area (Å²) in [6.07, 6.45) is 2.62. The van der Waals surface area contributed by atoms with E-state index in [1.807, 2.05) is 0 Å². The molecule has 1 aromatic carbocycles. The normalized spacial score (nSPS) is 17.6. The second-order valence-corrected chi connectivity index (χ2v) is 6.24. The predicted molar refractivity (Wildman–Crippen MR) is 87.3 cm³/mol. The van der Waals surface area contributed by atoms with Gasteiger partial charge in [0.1, 0.15) is 11.3 Å². The minimum atomic E-state index is 0.873. The van der Waals surface area contributed by atoms with Crippen LogP contribution in [-0.2, 0) is 13.1 Å². The van der Waals surface area contributed by atoms with Gasteiger partial charge in [-0.1, -0.05) is 32.0 Å². The van der Waals surface area contributed by atoms with Crippen molar-refractivity contribution in [1.82, 2.24) is 10.2 Å². The molecule has 0 radical (unpaired) electrons. The van der Waals surface area contributed by atoms with Gasteiger partial charge in [0.2, 0.25) is 0 Å². The predicted octanol–water partition coefficient (Wildman–Crippen LogP) is 3.77. The highest BCUT2D eigenvalue weighted by Crippen LogP contribution is 2.28. The number of benzene rings is 1. The molecular formula is C18H26N2O. The number of likely N-dealkylation sites (tertiary alicyclic amines) is 1. The van der Waals surface area contributed by atoms with E-state index in [4.69, 9.17) is 4.42 Å². The number of furan rings is 1. The molecule has 0 amide bonds. The van der Waals surface area contributed by atoms with Crippen molar-refractivity contribution in [2.45, 2.75) is 39.8 Å². The number of nitrogens with one attached hydrogen (secondary N) is 1. The molecule has 0 saturated carbocycles. The van der Waals surface area contributed by atoms with Crippen LogP contribution in [0.15, 0.2) is 28.7 Å². The van der Waals surface area contributed by atoms with Gasteiger partial charge in [0.05, 0.1) is 6.54 Å². The van der Waals surface area contributed by atoms with E-state index in [9.17, 15) is 0 Å². The van der Waals surface area contributed by atoms with Crippen LogP contribution < -0.4 is 5.32 Å². The fraction of sp³-hybridized carbons (Fsp3) is 0.556. The molecule has 0 bridgehead atoms. The van der Waals surface area contributed by atoms with Gasteiger partial charge in [0.25, 0.3) is 0 Å². The minimum absolute atomic E-state index is 0.873. The Hall–Kier alpha value is -1.32. The largest absolute Gasteiger partial charge is 0.459 e. The molecule has 1 aliphatic rings. The van der Waals surface area contributed by atoms with Gasteiger partial charge >= 0.3 is 0 Å². The molecule has 0 atom stereocenters. The molecule has 114 valence electrons. The molecule has 1 saturated heterocycles. The third-order valence-corrected chi connectivity index (χ3v) is 4.58. The van der Waals surface area contributed by atoms with Gasteiger partial charge in [-0.3, -0.25) is 4.90 Å². The summed E-state index contributed by atoms with van der Waals surface area (Å²) < 4.78 is 6.14. The Morgan fingerprint density at radius 1 is 1.24 bits per heavy atom. The summed E-state index contributed by atoms with van der Waals surface area (Å²) in [6, 6.07) is 8.40. The van der Waals surface area contributed by atoms with Gasteiger partial charge in [-0.2, -0.15) is 0 Å². The number of nitrogens with zero attached hydrogens (tertiary/aromatic N) is 1. The first-order valence-corrected chi connectivity index (χ1v) is 8.20. The zero-order valence-corrected chi connectivity index (χ0v) is 13.2. The Bertz CT molecular complexity index is 582. The molecule has 0 aliphatic carbocycles. The van der Waals surface area contributed by atoms with E-state index in [1.165, 1.54) is 36.9 Å². The molecule has 21 heavy (non-hydrogen) atoms. The minimum Gasteiger partial charge on any atom is -0.459 e. The van der Waals surface area contributed by atoms with Crippen molar-refractivity contribution >= 4 is 11.0 Å². The second-order valence-electron chi connectivity index (χ2n) is 6.24. The lowest BCUT2D eigenvalue weighted by Gasteiger charge is -2.29. The van der Waals surface area contributed by atoms with Crippen LogP contribution in [0.25, 0.3) is 11.0 Å². The van der Waals surface area contributed by atoms with Crippen molar-refractivity contribution < 1.29 is 4.42 Å². The first-order valence-electron chi connectivity index (χ1n) is 8.20. The van der Waals surface area contributed by atoms with E-state index in [0.29, 0.717) is 0 Å². The summed E-state index contributed by atoms with van der Waals surface area (Å²) in [4.78, 5) is 2.53. The molecule has 1 aromatic heterocycles. The SMILES string of the molecule is CCNCc1c(CN2CCC(C)CC2)oc2ccccc12. The van der Waals surface area contributed by atoms with E-state index >= 15 is 0 Å². The highest BCUT2D eigenvalue weighted by atomic mass is 16.3. The van der Waals surface area contributed by atoms with Crippen LogP contribution in [0.5, 0.6) is 0 Å². The quantitative estimate of drug-likeness (QED) is 0.907. The summed E-state index contributed by atoms with van der Waals surface area (Å²) in [5, 5.41) is 4.71. The smallest absolute Gasteiger partial charge is 0.134 e. The molecule has 1 fully saturated rings. The maximum absolute atomic E-state index is 6.14. The molecule has 0 spiro atoms. The summed E-state index contributed by atoms with van der Waals surface area (Å²) in [5.41, 5.74) is 2.36. The number of hydrogen-bond acceptors (Lipinski definition) is 3. The number of piperidine rings is 1. The zero-order valence-electron chi connectivity index (χ0n) is 13.2. The van der Waals surface area contributed by atoms with Gasteiger partial charge in [-0.15, -0.1) is 0 Å². The molecule has 1 N–H and O–H groups in total. The monoisotopic (exact) mass is 286 g/mol. The average molecular weight is 286 g/mol. The maximum atomic E-state index is 6.14. The Labute approximate surface area is 127 Å². The molecule has 0 unspecified atom stereocenters. The first kappa shape index (κ1) is 14.6. The Morgan fingerprint density at radius 2 is 2.00 bits per heavy atom. The van der Waals surface area contributed by atoms with E-state index in [-0.39, 0.29) is 0 Å². The van der Waals surface area contributed by atoms with Gasteiger partial charge < -0.3 is 9.73 Å². The van der Waals surface area contributed by atoms with Gasteiger partial charge in [-0.25, -0.2) is 0 Å². The van der Waals surface area contributed by atoms with Crippen molar-refractivity contribution in [3.8, 4) is 0 Å². The lowest BCUT2D eigenvalue weighted by atomic mass is 9.99. The average Bonchev–Trinajstić information content (AvgIpc) is 2.85. The van der Waals surface area contributed by atoms with Crippen molar-refractivity contribution in [2.75, 3.05) is 19.6 Å². The number of para-hydroxylation sites is 1. The van der Waals surface area contributed by atoms with E-state index < -0.39 is 0 Å². The molecule has 3 rings (SSSR count). The summed E-state index contributed by atoms with van der Waals surface area (Å²) >= 11 is 0. The lowest BCUT2D eigenvalue weighted by molar-refractivity contribution is 0.174. The third kappa shape index (κ3) is 3.30. The highest BCUT2D eigenvalue weighted by Gasteiger charge is 2.20. The third-order valence-electron chi connectivity index (χ3n) is 4.58. The van der Waals surface area contributed by atoms with Crippen molar-refractivity contribution in [1.29, 1.82) is 0 Å². The summed E-state index contributed by atoms with van der Waals surface area (Å²) in [6.45, 7) is 9.72. The van der Waals surface area contributed by atoms with Crippen LogP contribution in [-0.4, -0.2) is 24.5 Å². The molecule has 2 heterocycles. The van der Waals surface area contributed by atoms with E-state index in [1.54, 1.807) is 0 Å². The van der Waals surface area contributed by atoms with E-state index in [0.717, 1.165) is 36.9 Å². The van der Waals surface area contributed by atoms with Crippen LogP contribution in [0.1, 0.15) is 38.0 Å². The van der Waals surface area contributed by atoms with Crippen LogP contribution in [0, 0.1) is 5.92 Å². The fourth-order valence-corrected chi connectivity index (χ4v) is 3.14. The molecule has 3 nitrogen and oxygen atoms in total. The maximum Gasteiger partial charge on any atom is 0.134 e. The van der Waals surface area contributed by atoms with Crippen molar-refractivity contribution in [3.05, 3.63) is 35.6 Å². The lowest BCUT2D eigenvalue weighted by Crippen LogP contribution is -2.32. The number of hydrogen-bond donors (Lipinski definition) is 1. The second kappa shape index (κ2) is 6.63. The molecule has 1 aliphatic heterocycles. The van der Waals surface area contributed by atoms with Crippen molar-refractivity contribution in [2.24, 2.45) is 5.92 Å².